The second kappa shape index (κ2) is 7.25. The summed E-state index contributed by atoms with van der Waals surface area (Å²) in [5.41, 5.74) is 6.11. The summed E-state index contributed by atoms with van der Waals surface area (Å²) in [4.78, 5) is 2.50. The maximum absolute atomic E-state index is 6.11. The minimum absolute atomic E-state index is 0.296. The van der Waals surface area contributed by atoms with Gasteiger partial charge >= 0.3 is 0 Å². The van der Waals surface area contributed by atoms with Crippen molar-refractivity contribution in [3.05, 3.63) is 0 Å². The Morgan fingerprint density at radius 3 is 2.81 bits per heavy atom. The van der Waals surface area contributed by atoms with Crippen molar-refractivity contribution in [3.8, 4) is 0 Å². The Hall–Kier alpha value is -0.120. The van der Waals surface area contributed by atoms with E-state index in [0.29, 0.717) is 18.2 Å². The fourth-order valence-corrected chi connectivity index (χ4v) is 2.37. The molecule has 1 aliphatic rings. The van der Waals surface area contributed by atoms with Crippen molar-refractivity contribution >= 4 is 0 Å². The fourth-order valence-electron chi connectivity index (χ4n) is 2.37. The van der Waals surface area contributed by atoms with Crippen molar-refractivity contribution in [2.45, 2.75) is 64.6 Å². The van der Waals surface area contributed by atoms with Crippen LogP contribution in [-0.2, 0) is 4.74 Å². The largest absolute Gasteiger partial charge is 0.377 e. The first-order chi connectivity index (χ1) is 7.69. The highest BCUT2D eigenvalue weighted by atomic mass is 16.5. The standard InChI is InChI=1S/C13H28N2O/c1-4-9-16-12-7-6-8-15(10-12)11(3)13(14)5-2/h11-13H,4-10,14H2,1-3H3. The smallest absolute Gasteiger partial charge is 0.0702 e. The summed E-state index contributed by atoms with van der Waals surface area (Å²) in [5.74, 6) is 0. The Labute approximate surface area is 100 Å². The number of hydrogen-bond acceptors (Lipinski definition) is 3. The van der Waals surface area contributed by atoms with Gasteiger partial charge in [-0.15, -0.1) is 0 Å². The van der Waals surface area contributed by atoms with Crippen LogP contribution in [0.15, 0.2) is 0 Å². The van der Waals surface area contributed by atoms with E-state index in [1.54, 1.807) is 0 Å². The maximum Gasteiger partial charge on any atom is 0.0702 e. The van der Waals surface area contributed by atoms with E-state index in [4.69, 9.17) is 10.5 Å². The molecule has 0 spiro atoms. The molecule has 0 amide bonds. The van der Waals surface area contributed by atoms with E-state index in [2.05, 4.69) is 25.7 Å². The van der Waals surface area contributed by atoms with E-state index in [1.165, 1.54) is 19.4 Å². The van der Waals surface area contributed by atoms with E-state index in [1.807, 2.05) is 0 Å². The summed E-state index contributed by atoms with van der Waals surface area (Å²) in [6, 6.07) is 0.781. The molecule has 3 unspecified atom stereocenters. The number of likely N-dealkylation sites (tertiary alicyclic amines) is 1. The van der Waals surface area contributed by atoms with Crippen LogP contribution in [-0.4, -0.2) is 42.8 Å². The average Bonchev–Trinajstić information content (AvgIpc) is 2.34. The van der Waals surface area contributed by atoms with Crippen LogP contribution in [0.5, 0.6) is 0 Å². The number of nitrogens with zero attached hydrogens (tertiary/aromatic N) is 1. The lowest BCUT2D eigenvalue weighted by molar-refractivity contribution is -0.0134. The third-order valence-corrected chi connectivity index (χ3v) is 3.63. The Balaban J connectivity index is 2.37. The van der Waals surface area contributed by atoms with Crippen molar-refractivity contribution in [1.29, 1.82) is 0 Å². The molecule has 0 aromatic rings. The third kappa shape index (κ3) is 4.04. The first-order valence-electron chi connectivity index (χ1n) is 6.80. The molecule has 1 saturated heterocycles. The van der Waals surface area contributed by atoms with Gasteiger partial charge < -0.3 is 10.5 Å². The molecule has 3 heteroatoms. The fraction of sp³-hybridized carbons (Fsp3) is 1.00. The predicted octanol–water partition coefficient (Wildman–Crippen LogP) is 2.00. The molecule has 0 bridgehead atoms. The van der Waals surface area contributed by atoms with E-state index >= 15 is 0 Å². The van der Waals surface area contributed by atoms with Gasteiger partial charge in [-0.25, -0.2) is 0 Å². The molecule has 1 heterocycles. The summed E-state index contributed by atoms with van der Waals surface area (Å²) >= 11 is 0. The average molecular weight is 228 g/mol. The highest BCUT2D eigenvalue weighted by molar-refractivity contribution is 4.82. The Kier molecular flexibility index (Phi) is 6.32. The zero-order valence-electron chi connectivity index (χ0n) is 11.1. The van der Waals surface area contributed by atoms with E-state index in [0.717, 1.165) is 26.0 Å². The molecular weight excluding hydrogens is 200 g/mol. The topological polar surface area (TPSA) is 38.5 Å². The van der Waals surface area contributed by atoms with Gasteiger partial charge in [-0.2, -0.15) is 0 Å². The third-order valence-electron chi connectivity index (χ3n) is 3.63. The molecular formula is C13H28N2O. The molecule has 16 heavy (non-hydrogen) atoms. The minimum atomic E-state index is 0.296. The quantitative estimate of drug-likeness (QED) is 0.756. The molecule has 0 aromatic carbocycles. The van der Waals surface area contributed by atoms with Gasteiger partial charge in [0.1, 0.15) is 0 Å². The Bertz CT molecular complexity index is 187. The van der Waals surface area contributed by atoms with Crippen molar-refractivity contribution in [2.75, 3.05) is 19.7 Å². The summed E-state index contributed by atoms with van der Waals surface area (Å²) in [6.45, 7) is 9.71. The van der Waals surface area contributed by atoms with Gasteiger partial charge in [0.05, 0.1) is 6.10 Å². The lowest BCUT2D eigenvalue weighted by Gasteiger charge is -2.38. The van der Waals surface area contributed by atoms with Crippen LogP contribution < -0.4 is 5.73 Å². The number of piperidine rings is 1. The Morgan fingerprint density at radius 2 is 2.19 bits per heavy atom. The highest BCUT2D eigenvalue weighted by Crippen LogP contribution is 2.17. The number of rotatable bonds is 6. The molecule has 3 nitrogen and oxygen atoms in total. The van der Waals surface area contributed by atoms with Gasteiger partial charge in [0.25, 0.3) is 0 Å². The first kappa shape index (κ1) is 13.9. The number of hydrogen-bond donors (Lipinski definition) is 1. The van der Waals surface area contributed by atoms with Gasteiger partial charge in [0.15, 0.2) is 0 Å². The van der Waals surface area contributed by atoms with Crippen LogP contribution >= 0.6 is 0 Å². The van der Waals surface area contributed by atoms with Crippen LogP contribution in [0.1, 0.15) is 46.5 Å². The molecule has 0 saturated carbocycles. The second-order valence-electron chi connectivity index (χ2n) is 4.94. The van der Waals surface area contributed by atoms with Gasteiger partial charge in [-0.3, -0.25) is 4.90 Å². The van der Waals surface area contributed by atoms with Crippen molar-refractivity contribution in [3.63, 3.8) is 0 Å². The predicted molar refractivity (Wildman–Crippen MR) is 68.6 cm³/mol. The summed E-state index contributed by atoms with van der Waals surface area (Å²) in [5, 5.41) is 0. The monoisotopic (exact) mass is 228 g/mol. The van der Waals surface area contributed by atoms with Crippen LogP contribution in [0, 0.1) is 0 Å². The van der Waals surface area contributed by atoms with Crippen molar-refractivity contribution in [1.82, 2.24) is 4.90 Å². The molecule has 2 N–H and O–H groups in total. The molecule has 1 aliphatic heterocycles. The van der Waals surface area contributed by atoms with Gasteiger partial charge in [-0.1, -0.05) is 13.8 Å². The van der Waals surface area contributed by atoms with Gasteiger partial charge in [0, 0.05) is 25.2 Å². The van der Waals surface area contributed by atoms with E-state index in [9.17, 15) is 0 Å². The van der Waals surface area contributed by atoms with Crippen LogP contribution in [0.2, 0.25) is 0 Å². The van der Waals surface area contributed by atoms with E-state index in [-0.39, 0.29) is 0 Å². The van der Waals surface area contributed by atoms with Crippen LogP contribution in [0.25, 0.3) is 0 Å². The zero-order chi connectivity index (χ0) is 12.0. The molecule has 0 radical (unpaired) electrons. The first-order valence-corrected chi connectivity index (χ1v) is 6.80. The molecule has 96 valence electrons. The molecule has 0 aliphatic carbocycles. The Morgan fingerprint density at radius 1 is 1.44 bits per heavy atom. The summed E-state index contributed by atoms with van der Waals surface area (Å²) < 4.78 is 5.84. The van der Waals surface area contributed by atoms with E-state index < -0.39 is 0 Å². The molecule has 1 rings (SSSR count). The van der Waals surface area contributed by atoms with Gasteiger partial charge in [-0.05, 0) is 39.2 Å². The minimum Gasteiger partial charge on any atom is -0.377 e. The lowest BCUT2D eigenvalue weighted by Crippen LogP contribution is -2.51. The molecule has 0 aromatic heterocycles. The maximum atomic E-state index is 6.11. The highest BCUT2D eigenvalue weighted by Gasteiger charge is 2.26. The normalized spacial score (nSPS) is 26.6. The number of ether oxygens (including phenoxy) is 1. The van der Waals surface area contributed by atoms with Gasteiger partial charge in [0.2, 0.25) is 0 Å². The van der Waals surface area contributed by atoms with Crippen molar-refractivity contribution in [2.24, 2.45) is 5.73 Å². The molecule has 1 fully saturated rings. The van der Waals surface area contributed by atoms with Crippen molar-refractivity contribution < 1.29 is 4.74 Å². The number of nitrogens with two attached hydrogens (primary N) is 1. The zero-order valence-corrected chi connectivity index (χ0v) is 11.1. The second-order valence-corrected chi connectivity index (χ2v) is 4.94. The summed E-state index contributed by atoms with van der Waals surface area (Å²) in [6.07, 6.45) is 5.05. The van der Waals surface area contributed by atoms with Crippen LogP contribution in [0.4, 0.5) is 0 Å². The summed E-state index contributed by atoms with van der Waals surface area (Å²) in [7, 11) is 0. The SMILES string of the molecule is CCCOC1CCCN(C(C)C(N)CC)C1. The van der Waals surface area contributed by atoms with Crippen LogP contribution in [0.3, 0.4) is 0 Å². The molecule has 3 atom stereocenters. The lowest BCUT2D eigenvalue weighted by atomic mass is 10.0.